The van der Waals surface area contributed by atoms with Crippen LogP contribution in [0.4, 0.5) is 5.82 Å². The van der Waals surface area contributed by atoms with Crippen LogP contribution in [0.15, 0.2) is 12.1 Å². The highest BCUT2D eigenvalue weighted by Gasteiger charge is 2.38. The van der Waals surface area contributed by atoms with Crippen molar-refractivity contribution in [2.75, 3.05) is 5.73 Å². The van der Waals surface area contributed by atoms with E-state index in [0.29, 0.717) is 11.4 Å². The Morgan fingerprint density at radius 3 is 2.73 bits per heavy atom. The molecule has 1 aromatic heterocycles. The van der Waals surface area contributed by atoms with E-state index in [1.807, 2.05) is 13.8 Å². The molecule has 80 valence electrons. The number of nitrogen functional groups attached to an aromatic ring is 1. The zero-order chi connectivity index (χ0) is 11.1. The van der Waals surface area contributed by atoms with E-state index < -0.39 is 0 Å². The van der Waals surface area contributed by atoms with E-state index in [1.165, 1.54) is 0 Å². The van der Waals surface area contributed by atoms with Gasteiger partial charge < -0.3 is 11.1 Å². The van der Waals surface area contributed by atoms with Crippen LogP contribution in [0.2, 0.25) is 0 Å². The van der Waals surface area contributed by atoms with Crippen LogP contribution in [-0.4, -0.2) is 16.4 Å². The molecule has 1 heterocycles. The lowest BCUT2D eigenvalue weighted by molar-refractivity contribution is 0.0935. The maximum absolute atomic E-state index is 11.8. The standard InChI is InChI=1S/C11H15N3O/c1-7-5-8(6-9(12)13-7)10(15)14-11(2)3-4-11/h5-6H,3-4H2,1-2H3,(H2,12,13)(H,14,15). The first kappa shape index (κ1) is 9.96. The molecule has 15 heavy (non-hydrogen) atoms. The maximum Gasteiger partial charge on any atom is 0.251 e. The Balaban J connectivity index is 2.17. The first-order valence-electron chi connectivity index (χ1n) is 5.05. The van der Waals surface area contributed by atoms with Crippen LogP contribution in [0.1, 0.15) is 35.8 Å². The molecule has 1 aliphatic carbocycles. The SMILES string of the molecule is Cc1cc(C(=O)NC2(C)CC2)cc(N)n1. The van der Waals surface area contributed by atoms with Gasteiger partial charge in [-0.3, -0.25) is 4.79 Å². The summed E-state index contributed by atoms with van der Waals surface area (Å²) in [6.07, 6.45) is 2.11. The second kappa shape index (κ2) is 3.22. The summed E-state index contributed by atoms with van der Waals surface area (Å²) in [5, 5.41) is 2.98. The number of hydrogen-bond acceptors (Lipinski definition) is 3. The normalized spacial score (nSPS) is 17.2. The Morgan fingerprint density at radius 2 is 2.20 bits per heavy atom. The summed E-state index contributed by atoms with van der Waals surface area (Å²) in [7, 11) is 0. The number of hydrogen-bond donors (Lipinski definition) is 2. The lowest BCUT2D eigenvalue weighted by atomic mass is 10.2. The van der Waals surface area contributed by atoms with Gasteiger partial charge in [0.2, 0.25) is 0 Å². The molecule has 0 aromatic carbocycles. The molecule has 1 amide bonds. The lowest BCUT2D eigenvalue weighted by Gasteiger charge is -2.11. The number of rotatable bonds is 2. The van der Waals surface area contributed by atoms with Crippen LogP contribution >= 0.6 is 0 Å². The third-order valence-electron chi connectivity index (χ3n) is 2.65. The number of nitrogens with zero attached hydrogens (tertiary/aromatic N) is 1. The summed E-state index contributed by atoms with van der Waals surface area (Å²) in [5.74, 6) is 0.327. The average molecular weight is 205 g/mol. The highest BCUT2D eigenvalue weighted by molar-refractivity contribution is 5.95. The van der Waals surface area contributed by atoms with Gasteiger partial charge in [-0.2, -0.15) is 0 Å². The first-order valence-corrected chi connectivity index (χ1v) is 5.05. The molecule has 1 fully saturated rings. The van der Waals surface area contributed by atoms with E-state index >= 15 is 0 Å². The van der Waals surface area contributed by atoms with Crippen molar-refractivity contribution in [1.82, 2.24) is 10.3 Å². The Bertz CT molecular complexity index is 390. The summed E-state index contributed by atoms with van der Waals surface area (Å²) < 4.78 is 0. The maximum atomic E-state index is 11.8. The number of anilines is 1. The highest BCUT2D eigenvalue weighted by Crippen LogP contribution is 2.34. The van der Waals surface area contributed by atoms with Gasteiger partial charge in [-0.15, -0.1) is 0 Å². The molecule has 1 aromatic rings. The molecule has 2 rings (SSSR count). The van der Waals surface area contributed by atoms with E-state index in [2.05, 4.69) is 10.3 Å². The minimum absolute atomic E-state index is 0.00300. The van der Waals surface area contributed by atoms with Gasteiger partial charge in [-0.05, 0) is 38.8 Å². The van der Waals surface area contributed by atoms with Crippen molar-refractivity contribution in [2.24, 2.45) is 0 Å². The van der Waals surface area contributed by atoms with Crippen molar-refractivity contribution in [3.8, 4) is 0 Å². The molecule has 0 atom stereocenters. The number of aromatic nitrogens is 1. The van der Waals surface area contributed by atoms with E-state index in [9.17, 15) is 4.79 Å². The molecule has 0 bridgehead atoms. The van der Waals surface area contributed by atoms with Crippen molar-refractivity contribution < 1.29 is 4.79 Å². The molecule has 4 nitrogen and oxygen atoms in total. The zero-order valence-corrected chi connectivity index (χ0v) is 9.00. The molecular weight excluding hydrogens is 190 g/mol. The number of pyridine rings is 1. The van der Waals surface area contributed by atoms with Gasteiger partial charge in [0.25, 0.3) is 5.91 Å². The molecule has 4 heteroatoms. The molecule has 0 radical (unpaired) electrons. The number of carbonyl (C=O) groups excluding carboxylic acids is 1. The van der Waals surface area contributed by atoms with Crippen LogP contribution in [0, 0.1) is 6.92 Å². The first-order chi connectivity index (χ1) is 6.98. The Kier molecular flexibility index (Phi) is 2.14. The molecule has 1 aliphatic rings. The van der Waals surface area contributed by atoms with E-state index in [-0.39, 0.29) is 11.4 Å². The van der Waals surface area contributed by atoms with Crippen LogP contribution in [0.25, 0.3) is 0 Å². The molecule has 0 unspecified atom stereocenters. The average Bonchev–Trinajstić information content (AvgIpc) is 2.81. The van der Waals surface area contributed by atoms with Gasteiger partial charge in [0.15, 0.2) is 0 Å². The van der Waals surface area contributed by atoms with Gasteiger partial charge in [0.1, 0.15) is 5.82 Å². The van der Waals surface area contributed by atoms with Crippen molar-refractivity contribution in [3.05, 3.63) is 23.4 Å². The monoisotopic (exact) mass is 205 g/mol. The van der Waals surface area contributed by atoms with Crippen molar-refractivity contribution in [2.45, 2.75) is 32.2 Å². The van der Waals surface area contributed by atoms with Gasteiger partial charge in [-0.25, -0.2) is 4.98 Å². The van der Waals surface area contributed by atoms with Crippen molar-refractivity contribution >= 4 is 11.7 Å². The predicted octanol–water partition coefficient (Wildman–Crippen LogP) is 1.25. The van der Waals surface area contributed by atoms with Crippen molar-refractivity contribution in [1.29, 1.82) is 0 Å². The zero-order valence-electron chi connectivity index (χ0n) is 9.00. The highest BCUT2D eigenvalue weighted by atomic mass is 16.1. The molecule has 1 saturated carbocycles. The van der Waals surface area contributed by atoms with Gasteiger partial charge in [0.05, 0.1) is 0 Å². The van der Waals surface area contributed by atoms with E-state index in [0.717, 1.165) is 18.5 Å². The molecule has 0 aliphatic heterocycles. The largest absolute Gasteiger partial charge is 0.384 e. The Hall–Kier alpha value is -1.58. The van der Waals surface area contributed by atoms with Gasteiger partial charge in [-0.1, -0.05) is 0 Å². The van der Waals surface area contributed by atoms with E-state index in [4.69, 9.17) is 5.73 Å². The van der Waals surface area contributed by atoms with Crippen LogP contribution in [0.5, 0.6) is 0 Å². The predicted molar refractivity (Wildman–Crippen MR) is 58.5 cm³/mol. The van der Waals surface area contributed by atoms with Crippen LogP contribution in [-0.2, 0) is 0 Å². The quantitative estimate of drug-likeness (QED) is 0.763. The second-order valence-corrected chi connectivity index (χ2v) is 4.44. The number of nitrogens with one attached hydrogen (secondary N) is 1. The number of amides is 1. The third-order valence-corrected chi connectivity index (χ3v) is 2.65. The minimum Gasteiger partial charge on any atom is -0.384 e. The number of carbonyl (C=O) groups is 1. The fourth-order valence-corrected chi connectivity index (χ4v) is 1.48. The Labute approximate surface area is 88.9 Å². The van der Waals surface area contributed by atoms with Gasteiger partial charge >= 0.3 is 0 Å². The van der Waals surface area contributed by atoms with Crippen LogP contribution < -0.4 is 11.1 Å². The van der Waals surface area contributed by atoms with Crippen LogP contribution in [0.3, 0.4) is 0 Å². The summed E-state index contributed by atoms with van der Waals surface area (Å²) in [4.78, 5) is 15.8. The summed E-state index contributed by atoms with van der Waals surface area (Å²) in [6.45, 7) is 3.87. The summed E-state index contributed by atoms with van der Waals surface area (Å²) in [6, 6.07) is 3.35. The smallest absolute Gasteiger partial charge is 0.251 e. The molecule has 3 N–H and O–H groups in total. The fraction of sp³-hybridized carbons (Fsp3) is 0.455. The lowest BCUT2D eigenvalue weighted by Crippen LogP contribution is -2.34. The second-order valence-electron chi connectivity index (χ2n) is 4.44. The molecule has 0 spiro atoms. The topological polar surface area (TPSA) is 68.0 Å². The number of nitrogens with two attached hydrogens (primary N) is 1. The van der Waals surface area contributed by atoms with Crippen molar-refractivity contribution in [3.63, 3.8) is 0 Å². The van der Waals surface area contributed by atoms with E-state index in [1.54, 1.807) is 12.1 Å². The third kappa shape index (κ3) is 2.26. The van der Waals surface area contributed by atoms with Gasteiger partial charge in [0, 0.05) is 16.8 Å². The number of aryl methyl sites for hydroxylation is 1. The summed E-state index contributed by atoms with van der Waals surface area (Å²) >= 11 is 0. The summed E-state index contributed by atoms with van der Waals surface area (Å²) in [5.41, 5.74) is 6.94. The Morgan fingerprint density at radius 1 is 1.53 bits per heavy atom. The molecule has 0 saturated heterocycles. The molecular formula is C11H15N3O. The fourth-order valence-electron chi connectivity index (χ4n) is 1.48. The minimum atomic E-state index is -0.0628.